The van der Waals surface area contributed by atoms with Crippen LogP contribution in [-0.2, 0) is 9.59 Å². The van der Waals surface area contributed by atoms with E-state index in [1.165, 1.54) is 12.1 Å². The Kier molecular flexibility index (Phi) is 6.36. The smallest absolute Gasteiger partial charge is 0.324 e. The molecule has 136 valence electrons. The second-order valence-electron chi connectivity index (χ2n) is 5.04. The molecular weight excluding hydrogens is 362 g/mol. The molecule has 0 atom stereocenters. The standard InChI is InChI=1S/C15H15N5O5S/c16-19-13(22)7-6-12(21)17-9-1-3-10(4-2-9)18-15(23)11-5-8-14(26-11)20(24)25/h1-5,8H,6-7,16H2,(H,17,21)(H,18,23)(H,19,22). The van der Waals surface area contributed by atoms with Gasteiger partial charge in [0.15, 0.2) is 0 Å². The van der Waals surface area contributed by atoms with E-state index in [2.05, 4.69) is 10.6 Å². The summed E-state index contributed by atoms with van der Waals surface area (Å²) in [6.45, 7) is 0. The molecule has 0 spiro atoms. The first-order valence-electron chi connectivity index (χ1n) is 7.34. The van der Waals surface area contributed by atoms with Crippen molar-refractivity contribution in [2.45, 2.75) is 12.8 Å². The third-order valence-electron chi connectivity index (χ3n) is 3.16. The Hall–Kier alpha value is -3.31. The lowest BCUT2D eigenvalue weighted by Gasteiger charge is -2.07. The second kappa shape index (κ2) is 8.69. The number of carbonyl (C=O) groups excluding carboxylic acids is 3. The molecule has 10 nitrogen and oxygen atoms in total. The molecule has 1 heterocycles. The molecule has 0 aliphatic rings. The zero-order valence-electron chi connectivity index (χ0n) is 13.4. The zero-order valence-corrected chi connectivity index (χ0v) is 14.2. The number of nitrogens with two attached hydrogens (primary N) is 1. The number of nitrogens with zero attached hydrogens (tertiary/aromatic N) is 1. The molecule has 2 aromatic rings. The highest BCUT2D eigenvalue weighted by Gasteiger charge is 2.15. The lowest BCUT2D eigenvalue weighted by atomic mass is 10.2. The molecule has 0 radical (unpaired) electrons. The van der Waals surface area contributed by atoms with Gasteiger partial charge in [0.1, 0.15) is 0 Å². The Morgan fingerprint density at radius 2 is 1.54 bits per heavy atom. The summed E-state index contributed by atoms with van der Waals surface area (Å²) < 4.78 is 0. The average Bonchev–Trinajstić information content (AvgIpc) is 3.12. The van der Waals surface area contributed by atoms with Gasteiger partial charge in [-0.25, -0.2) is 5.84 Å². The van der Waals surface area contributed by atoms with Crippen LogP contribution in [0.5, 0.6) is 0 Å². The topological polar surface area (TPSA) is 156 Å². The van der Waals surface area contributed by atoms with Crippen LogP contribution in [-0.4, -0.2) is 22.6 Å². The van der Waals surface area contributed by atoms with Crippen LogP contribution >= 0.6 is 11.3 Å². The molecule has 2 rings (SSSR count). The summed E-state index contributed by atoms with van der Waals surface area (Å²) in [6, 6.07) is 8.94. The molecule has 1 aromatic heterocycles. The Labute approximate surface area is 151 Å². The number of benzene rings is 1. The van der Waals surface area contributed by atoms with Crippen LogP contribution in [0.25, 0.3) is 0 Å². The first-order chi connectivity index (χ1) is 12.4. The van der Waals surface area contributed by atoms with Crippen LogP contribution in [0.15, 0.2) is 36.4 Å². The average molecular weight is 377 g/mol. The predicted octanol–water partition coefficient (Wildman–Crippen LogP) is 1.62. The number of amides is 3. The maximum atomic E-state index is 12.0. The van der Waals surface area contributed by atoms with Crippen LogP contribution < -0.4 is 21.9 Å². The van der Waals surface area contributed by atoms with E-state index in [4.69, 9.17) is 5.84 Å². The minimum atomic E-state index is -0.559. The second-order valence-corrected chi connectivity index (χ2v) is 6.10. The number of carbonyl (C=O) groups is 3. The Morgan fingerprint density at radius 1 is 0.962 bits per heavy atom. The van der Waals surface area contributed by atoms with Crippen molar-refractivity contribution < 1.29 is 19.3 Å². The van der Waals surface area contributed by atoms with E-state index >= 15 is 0 Å². The largest absolute Gasteiger partial charge is 0.326 e. The van der Waals surface area contributed by atoms with Crippen molar-refractivity contribution in [3.63, 3.8) is 0 Å². The van der Waals surface area contributed by atoms with E-state index in [1.54, 1.807) is 24.3 Å². The van der Waals surface area contributed by atoms with Crippen LogP contribution in [0.2, 0.25) is 0 Å². The minimum absolute atomic E-state index is 0.0152. The number of thiophene rings is 1. The Morgan fingerprint density at radius 3 is 2.08 bits per heavy atom. The number of hydrogen-bond acceptors (Lipinski definition) is 7. The molecule has 0 aliphatic carbocycles. The minimum Gasteiger partial charge on any atom is -0.326 e. The lowest BCUT2D eigenvalue weighted by Crippen LogP contribution is -2.30. The Balaban J connectivity index is 1.90. The molecular formula is C15H15N5O5S. The molecule has 5 N–H and O–H groups in total. The van der Waals surface area contributed by atoms with E-state index in [0.717, 1.165) is 11.3 Å². The zero-order chi connectivity index (χ0) is 19.1. The summed E-state index contributed by atoms with van der Waals surface area (Å²) in [5.74, 6) is 3.67. The van der Waals surface area contributed by atoms with Gasteiger partial charge in [0, 0.05) is 30.3 Å². The number of anilines is 2. The maximum absolute atomic E-state index is 12.0. The van der Waals surface area contributed by atoms with Crippen LogP contribution in [0, 0.1) is 10.1 Å². The highest BCUT2D eigenvalue weighted by atomic mass is 32.1. The third kappa shape index (κ3) is 5.36. The first-order valence-corrected chi connectivity index (χ1v) is 8.15. The SMILES string of the molecule is NNC(=O)CCC(=O)Nc1ccc(NC(=O)c2ccc([N+](=O)[O-])s2)cc1. The third-order valence-corrected chi connectivity index (χ3v) is 4.20. The maximum Gasteiger partial charge on any atom is 0.324 e. The molecule has 0 fully saturated rings. The van der Waals surface area contributed by atoms with Crippen molar-refractivity contribution in [3.8, 4) is 0 Å². The monoisotopic (exact) mass is 377 g/mol. The summed E-state index contributed by atoms with van der Waals surface area (Å²) in [5.41, 5.74) is 2.89. The van der Waals surface area contributed by atoms with E-state index in [0.29, 0.717) is 11.4 Å². The van der Waals surface area contributed by atoms with Crippen molar-refractivity contribution in [2.75, 3.05) is 10.6 Å². The molecule has 11 heteroatoms. The molecule has 26 heavy (non-hydrogen) atoms. The summed E-state index contributed by atoms with van der Waals surface area (Å²) in [7, 11) is 0. The molecule has 0 saturated heterocycles. The fourth-order valence-corrected chi connectivity index (χ4v) is 2.62. The number of nitro groups is 1. The number of rotatable bonds is 7. The van der Waals surface area contributed by atoms with Gasteiger partial charge in [0.25, 0.3) is 5.91 Å². The first kappa shape index (κ1) is 19.0. The van der Waals surface area contributed by atoms with Gasteiger partial charge >= 0.3 is 5.00 Å². The highest BCUT2D eigenvalue weighted by molar-refractivity contribution is 7.17. The summed E-state index contributed by atoms with van der Waals surface area (Å²) in [6.07, 6.45) is -0.0396. The summed E-state index contributed by atoms with van der Waals surface area (Å²) in [5, 5.41) is 15.7. The van der Waals surface area contributed by atoms with Gasteiger partial charge in [-0.15, -0.1) is 0 Å². The van der Waals surface area contributed by atoms with Crippen LogP contribution in [0.4, 0.5) is 16.4 Å². The molecule has 0 bridgehead atoms. The molecule has 3 amide bonds. The van der Waals surface area contributed by atoms with Gasteiger partial charge in [-0.1, -0.05) is 11.3 Å². The van der Waals surface area contributed by atoms with Crippen molar-refractivity contribution in [2.24, 2.45) is 5.84 Å². The normalized spacial score (nSPS) is 10.0. The van der Waals surface area contributed by atoms with Gasteiger partial charge < -0.3 is 10.6 Å². The van der Waals surface area contributed by atoms with Crippen molar-refractivity contribution in [1.29, 1.82) is 0 Å². The predicted molar refractivity (Wildman–Crippen MR) is 95.6 cm³/mol. The van der Waals surface area contributed by atoms with Gasteiger partial charge in [-0.3, -0.25) is 29.9 Å². The van der Waals surface area contributed by atoms with Gasteiger partial charge in [-0.05, 0) is 30.3 Å². The van der Waals surface area contributed by atoms with Crippen molar-refractivity contribution in [3.05, 3.63) is 51.4 Å². The van der Waals surface area contributed by atoms with Gasteiger partial charge in [0.2, 0.25) is 11.8 Å². The van der Waals surface area contributed by atoms with E-state index in [9.17, 15) is 24.5 Å². The summed E-state index contributed by atoms with van der Waals surface area (Å²) >= 11 is 0.780. The number of hydrogen-bond donors (Lipinski definition) is 4. The molecule has 0 unspecified atom stereocenters. The van der Waals surface area contributed by atoms with Gasteiger partial charge in [-0.2, -0.15) is 0 Å². The van der Waals surface area contributed by atoms with E-state index in [1.807, 2.05) is 5.43 Å². The molecule has 0 saturated carbocycles. The fraction of sp³-hybridized carbons (Fsp3) is 0.133. The Bertz CT molecular complexity index is 833. The number of nitrogens with one attached hydrogen (secondary N) is 3. The van der Waals surface area contributed by atoms with Crippen molar-refractivity contribution in [1.82, 2.24) is 5.43 Å². The summed E-state index contributed by atoms with van der Waals surface area (Å²) in [4.78, 5) is 45.0. The number of hydrazine groups is 1. The van der Waals surface area contributed by atoms with E-state index < -0.39 is 16.7 Å². The highest BCUT2D eigenvalue weighted by Crippen LogP contribution is 2.25. The quantitative estimate of drug-likeness (QED) is 0.248. The lowest BCUT2D eigenvalue weighted by molar-refractivity contribution is -0.380. The van der Waals surface area contributed by atoms with Crippen LogP contribution in [0.3, 0.4) is 0 Å². The van der Waals surface area contributed by atoms with E-state index in [-0.39, 0.29) is 28.6 Å². The molecule has 1 aromatic carbocycles. The molecule has 0 aliphatic heterocycles. The van der Waals surface area contributed by atoms with Crippen LogP contribution in [0.1, 0.15) is 22.5 Å². The van der Waals surface area contributed by atoms with Crippen molar-refractivity contribution >= 4 is 45.4 Å². The fourth-order valence-electron chi connectivity index (χ4n) is 1.90. The van der Waals surface area contributed by atoms with Gasteiger partial charge in [0.05, 0.1) is 9.80 Å².